The highest BCUT2D eigenvalue weighted by atomic mass is 16.1. The molecule has 4 heteroatoms. The second-order valence-electron chi connectivity index (χ2n) is 7.70. The van der Waals surface area contributed by atoms with E-state index in [0.717, 1.165) is 47.4 Å². The average Bonchev–Trinajstić information content (AvgIpc) is 3.10. The van der Waals surface area contributed by atoms with E-state index in [2.05, 4.69) is 59.3 Å². The van der Waals surface area contributed by atoms with Crippen molar-refractivity contribution < 1.29 is 4.79 Å². The van der Waals surface area contributed by atoms with Gasteiger partial charge in [-0.1, -0.05) is 54.6 Å². The highest BCUT2D eigenvalue weighted by Crippen LogP contribution is 2.20. The zero-order valence-corrected chi connectivity index (χ0v) is 17.6. The summed E-state index contributed by atoms with van der Waals surface area (Å²) in [6.07, 6.45) is 1.66. The van der Waals surface area contributed by atoms with E-state index in [1.807, 2.05) is 37.3 Å². The number of aromatic nitrogens is 2. The van der Waals surface area contributed by atoms with E-state index >= 15 is 0 Å². The lowest BCUT2D eigenvalue weighted by molar-refractivity contribution is 0.0952. The van der Waals surface area contributed by atoms with Gasteiger partial charge in [0.1, 0.15) is 5.82 Å². The highest BCUT2D eigenvalue weighted by molar-refractivity contribution is 5.95. The molecule has 4 nitrogen and oxygen atoms in total. The number of carbonyl (C=O) groups excluding carboxylic acids is 1. The van der Waals surface area contributed by atoms with Gasteiger partial charge >= 0.3 is 0 Å². The molecule has 0 radical (unpaired) electrons. The predicted octanol–water partition coefficient (Wildman–Crippen LogP) is 5.06. The van der Waals surface area contributed by atoms with Crippen molar-refractivity contribution in [3.63, 3.8) is 0 Å². The Morgan fingerprint density at radius 2 is 1.60 bits per heavy atom. The smallest absolute Gasteiger partial charge is 0.251 e. The van der Waals surface area contributed by atoms with Crippen molar-refractivity contribution in [1.29, 1.82) is 0 Å². The number of fused-ring (bicyclic) bond motifs is 1. The number of amides is 1. The van der Waals surface area contributed by atoms with E-state index in [4.69, 9.17) is 4.98 Å². The zero-order valence-electron chi connectivity index (χ0n) is 17.6. The van der Waals surface area contributed by atoms with Gasteiger partial charge in [0, 0.05) is 25.1 Å². The number of imidazole rings is 1. The molecule has 0 aliphatic heterocycles. The third-order valence-electron chi connectivity index (χ3n) is 5.58. The second-order valence-corrected chi connectivity index (χ2v) is 7.70. The number of hydrogen-bond donors (Lipinski definition) is 1. The fourth-order valence-electron chi connectivity index (χ4n) is 3.82. The first-order valence-corrected chi connectivity index (χ1v) is 10.5. The van der Waals surface area contributed by atoms with Crippen LogP contribution in [0.25, 0.3) is 11.0 Å². The molecule has 1 aromatic heterocycles. The summed E-state index contributed by atoms with van der Waals surface area (Å²) in [6.45, 7) is 5.54. The molecule has 4 aromatic rings. The number of hydrogen-bond acceptors (Lipinski definition) is 2. The fraction of sp³-hybridized carbons (Fsp3) is 0.231. The van der Waals surface area contributed by atoms with Crippen LogP contribution >= 0.6 is 0 Å². The molecular formula is C26H27N3O. The largest absolute Gasteiger partial charge is 0.352 e. The zero-order chi connectivity index (χ0) is 20.9. The molecule has 0 aliphatic carbocycles. The third-order valence-corrected chi connectivity index (χ3v) is 5.58. The Balaban J connectivity index is 1.47. The van der Waals surface area contributed by atoms with Crippen molar-refractivity contribution in [2.24, 2.45) is 0 Å². The molecule has 0 saturated heterocycles. The summed E-state index contributed by atoms with van der Waals surface area (Å²) in [5.41, 5.74) is 6.49. The number of nitrogens with zero attached hydrogens (tertiary/aromatic N) is 2. The van der Waals surface area contributed by atoms with Crippen LogP contribution in [0.1, 0.15) is 39.3 Å². The Labute approximate surface area is 177 Å². The van der Waals surface area contributed by atoms with E-state index < -0.39 is 0 Å². The minimum Gasteiger partial charge on any atom is -0.352 e. The second kappa shape index (κ2) is 8.95. The van der Waals surface area contributed by atoms with E-state index in [1.165, 1.54) is 11.1 Å². The number of rotatable bonds is 7. The molecule has 1 heterocycles. The maximum Gasteiger partial charge on any atom is 0.251 e. The van der Waals surface area contributed by atoms with E-state index in [1.54, 1.807) is 0 Å². The third kappa shape index (κ3) is 4.28. The van der Waals surface area contributed by atoms with E-state index in [0.29, 0.717) is 6.54 Å². The molecule has 1 N–H and O–H groups in total. The molecule has 1 amide bonds. The van der Waals surface area contributed by atoms with E-state index in [-0.39, 0.29) is 5.91 Å². The van der Waals surface area contributed by atoms with Crippen LogP contribution in [0.5, 0.6) is 0 Å². The minimum absolute atomic E-state index is 0.0125. The normalized spacial score (nSPS) is 11.0. The van der Waals surface area contributed by atoms with Crippen LogP contribution < -0.4 is 5.32 Å². The molecule has 152 valence electrons. The summed E-state index contributed by atoms with van der Waals surface area (Å²) in [5, 5.41) is 3.05. The minimum atomic E-state index is -0.0125. The van der Waals surface area contributed by atoms with Gasteiger partial charge in [0.15, 0.2) is 0 Å². The van der Waals surface area contributed by atoms with Crippen LogP contribution in [0.3, 0.4) is 0 Å². The number of benzene rings is 3. The quantitative estimate of drug-likeness (QED) is 0.443. The van der Waals surface area contributed by atoms with Gasteiger partial charge in [0.2, 0.25) is 0 Å². The number of para-hydroxylation sites is 2. The predicted molar refractivity (Wildman–Crippen MR) is 122 cm³/mol. The molecule has 3 aromatic carbocycles. The summed E-state index contributed by atoms with van der Waals surface area (Å²) >= 11 is 0. The van der Waals surface area contributed by atoms with Crippen molar-refractivity contribution in [3.05, 3.63) is 101 Å². The number of carbonyl (C=O) groups is 1. The van der Waals surface area contributed by atoms with Crippen molar-refractivity contribution in [3.8, 4) is 0 Å². The lowest BCUT2D eigenvalue weighted by Crippen LogP contribution is -2.25. The topological polar surface area (TPSA) is 46.9 Å². The Kier molecular flexibility index (Phi) is 5.94. The van der Waals surface area contributed by atoms with Crippen molar-refractivity contribution >= 4 is 16.9 Å². The fourth-order valence-corrected chi connectivity index (χ4v) is 3.82. The van der Waals surface area contributed by atoms with Gasteiger partial charge in [-0.15, -0.1) is 0 Å². The Morgan fingerprint density at radius 3 is 2.40 bits per heavy atom. The SMILES string of the molecule is Cc1ccccc1Cn1c(CCCNC(=O)c2ccccc2C)nc2ccccc21. The lowest BCUT2D eigenvalue weighted by Gasteiger charge is -2.12. The first-order valence-electron chi connectivity index (χ1n) is 10.5. The van der Waals surface area contributed by atoms with Crippen LogP contribution in [0.2, 0.25) is 0 Å². The van der Waals surface area contributed by atoms with Crippen LogP contribution in [0.15, 0.2) is 72.8 Å². The van der Waals surface area contributed by atoms with Gasteiger partial charge < -0.3 is 9.88 Å². The number of aryl methyl sites for hydroxylation is 3. The summed E-state index contributed by atoms with van der Waals surface area (Å²) in [7, 11) is 0. The standard InChI is InChI=1S/C26H27N3O/c1-19-10-3-5-12-21(19)18-29-24-15-8-7-14-23(24)28-25(29)16-9-17-27-26(30)22-13-6-4-11-20(22)2/h3-8,10-15H,9,16-18H2,1-2H3,(H,27,30). The van der Waals surface area contributed by atoms with Gasteiger partial charge in [-0.25, -0.2) is 4.98 Å². The van der Waals surface area contributed by atoms with Gasteiger partial charge in [0.25, 0.3) is 5.91 Å². The summed E-state index contributed by atoms with van der Waals surface area (Å²) in [6, 6.07) is 24.4. The maximum absolute atomic E-state index is 12.4. The monoisotopic (exact) mass is 397 g/mol. The summed E-state index contributed by atoms with van der Waals surface area (Å²) in [5.74, 6) is 1.05. The highest BCUT2D eigenvalue weighted by Gasteiger charge is 2.12. The van der Waals surface area contributed by atoms with Crippen molar-refractivity contribution in [2.45, 2.75) is 33.2 Å². The van der Waals surface area contributed by atoms with Gasteiger partial charge in [0.05, 0.1) is 11.0 Å². The molecule has 0 spiro atoms. The Hall–Kier alpha value is -3.40. The first-order chi connectivity index (χ1) is 14.6. The van der Waals surface area contributed by atoms with E-state index in [9.17, 15) is 4.79 Å². The molecule has 0 fully saturated rings. The van der Waals surface area contributed by atoms with Gasteiger partial charge in [-0.2, -0.15) is 0 Å². The summed E-state index contributed by atoms with van der Waals surface area (Å²) < 4.78 is 2.31. The van der Waals surface area contributed by atoms with Crippen molar-refractivity contribution in [1.82, 2.24) is 14.9 Å². The molecule has 0 bridgehead atoms. The molecule has 4 rings (SSSR count). The van der Waals surface area contributed by atoms with Crippen LogP contribution in [-0.4, -0.2) is 22.0 Å². The summed E-state index contributed by atoms with van der Waals surface area (Å²) in [4.78, 5) is 17.3. The molecular weight excluding hydrogens is 370 g/mol. The first kappa shape index (κ1) is 19.9. The Bertz CT molecular complexity index is 1180. The average molecular weight is 398 g/mol. The molecule has 0 unspecified atom stereocenters. The molecule has 0 saturated carbocycles. The van der Waals surface area contributed by atoms with Gasteiger partial charge in [-0.3, -0.25) is 4.79 Å². The Morgan fingerprint density at radius 1 is 0.900 bits per heavy atom. The molecule has 0 aliphatic rings. The number of nitrogens with one attached hydrogen (secondary N) is 1. The maximum atomic E-state index is 12.4. The van der Waals surface area contributed by atoms with Crippen LogP contribution in [-0.2, 0) is 13.0 Å². The molecule has 0 atom stereocenters. The van der Waals surface area contributed by atoms with Crippen LogP contribution in [0.4, 0.5) is 0 Å². The lowest BCUT2D eigenvalue weighted by atomic mass is 10.1. The van der Waals surface area contributed by atoms with Gasteiger partial charge in [-0.05, 0) is 55.2 Å². The molecule has 30 heavy (non-hydrogen) atoms. The van der Waals surface area contributed by atoms with Crippen molar-refractivity contribution in [2.75, 3.05) is 6.54 Å². The van der Waals surface area contributed by atoms with Crippen LogP contribution in [0, 0.1) is 13.8 Å².